The van der Waals surface area contributed by atoms with Gasteiger partial charge in [0, 0.05) is 17.5 Å². The van der Waals surface area contributed by atoms with Gasteiger partial charge in [-0.05, 0) is 12.1 Å². The van der Waals surface area contributed by atoms with Gasteiger partial charge in [-0.25, -0.2) is 9.97 Å². The van der Waals surface area contributed by atoms with Gasteiger partial charge in [-0.1, -0.05) is 0 Å². The molecule has 3 rings (SSSR count). The minimum atomic E-state index is -4.57. The van der Waals surface area contributed by atoms with Crippen molar-refractivity contribution in [1.29, 1.82) is 0 Å². The number of hydrogen-bond donors (Lipinski definition) is 0. The van der Waals surface area contributed by atoms with Crippen LogP contribution in [0.2, 0.25) is 0 Å². The van der Waals surface area contributed by atoms with Crippen LogP contribution in [-0.4, -0.2) is 9.97 Å². The topological polar surface area (TPSA) is 56.0 Å². The highest BCUT2D eigenvalue weighted by Gasteiger charge is 2.33. The van der Waals surface area contributed by atoms with Gasteiger partial charge in [0.15, 0.2) is 11.3 Å². The molecule has 96 valence electrons. The molecule has 3 aromatic rings. The summed E-state index contributed by atoms with van der Waals surface area (Å²) in [5.74, 6) is 0. The summed E-state index contributed by atoms with van der Waals surface area (Å²) in [5, 5.41) is 0.522. The molecular weight excluding hydrogens is 261 g/mol. The summed E-state index contributed by atoms with van der Waals surface area (Å²) in [6, 6.07) is 5.50. The molecule has 0 aliphatic carbocycles. The van der Waals surface area contributed by atoms with Crippen LogP contribution in [0.1, 0.15) is 5.69 Å². The van der Waals surface area contributed by atoms with Crippen molar-refractivity contribution in [1.82, 2.24) is 9.97 Å². The lowest BCUT2D eigenvalue weighted by Crippen LogP contribution is -2.07. The minimum Gasteiger partial charge on any atom is -0.460 e. The van der Waals surface area contributed by atoms with Crippen molar-refractivity contribution in [3.8, 4) is 0 Å². The quantitative estimate of drug-likeness (QED) is 0.587. The zero-order valence-corrected chi connectivity index (χ0v) is 9.23. The molecule has 0 aliphatic rings. The Balaban J connectivity index is 2.32. The number of fused-ring (bicyclic) bond motifs is 2. The highest BCUT2D eigenvalue weighted by Crippen LogP contribution is 2.29. The van der Waals surface area contributed by atoms with Gasteiger partial charge < -0.3 is 4.42 Å². The fourth-order valence-corrected chi connectivity index (χ4v) is 1.71. The van der Waals surface area contributed by atoms with E-state index in [-0.39, 0.29) is 11.1 Å². The summed E-state index contributed by atoms with van der Waals surface area (Å²) in [6.45, 7) is 0. The molecule has 0 atom stereocenters. The van der Waals surface area contributed by atoms with Gasteiger partial charge in [0.2, 0.25) is 0 Å². The predicted octanol–water partition coefficient (Wildman–Crippen LogP) is 2.76. The molecule has 0 N–H and O–H groups in total. The molecule has 0 radical (unpaired) electrons. The Bertz CT molecular complexity index is 840. The Hall–Kier alpha value is -2.44. The van der Waals surface area contributed by atoms with Crippen LogP contribution in [0.25, 0.3) is 22.0 Å². The third-order valence-corrected chi connectivity index (χ3v) is 2.57. The van der Waals surface area contributed by atoms with E-state index in [1.165, 1.54) is 24.3 Å². The second-order valence-corrected chi connectivity index (χ2v) is 3.89. The van der Waals surface area contributed by atoms with Crippen molar-refractivity contribution in [2.75, 3.05) is 0 Å². The van der Waals surface area contributed by atoms with E-state index in [1.807, 2.05) is 0 Å². The third-order valence-electron chi connectivity index (χ3n) is 2.57. The van der Waals surface area contributed by atoms with Gasteiger partial charge >= 0.3 is 6.18 Å². The Morgan fingerprint density at radius 2 is 1.84 bits per heavy atom. The summed E-state index contributed by atoms with van der Waals surface area (Å²) in [5.41, 5.74) is -0.980. The zero-order chi connectivity index (χ0) is 13.6. The van der Waals surface area contributed by atoms with Gasteiger partial charge in [0.25, 0.3) is 5.56 Å². The van der Waals surface area contributed by atoms with E-state index >= 15 is 0 Å². The number of halogens is 3. The van der Waals surface area contributed by atoms with E-state index in [9.17, 15) is 18.0 Å². The summed E-state index contributed by atoms with van der Waals surface area (Å²) in [7, 11) is 0. The molecular formula is C12H5F3N2O2. The average Bonchev–Trinajstić information content (AvgIpc) is 2.34. The van der Waals surface area contributed by atoms with Crippen molar-refractivity contribution >= 4 is 22.0 Å². The number of aromatic nitrogens is 2. The Labute approximate surface area is 103 Å². The molecule has 1 aromatic carbocycles. The van der Waals surface area contributed by atoms with Crippen LogP contribution in [-0.2, 0) is 6.18 Å². The Morgan fingerprint density at radius 3 is 2.58 bits per heavy atom. The van der Waals surface area contributed by atoms with Gasteiger partial charge in [-0.15, -0.1) is 0 Å². The smallest absolute Gasteiger partial charge is 0.436 e. The van der Waals surface area contributed by atoms with Crippen LogP contribution >= 0.6 is 0 Å². The minimum absolute atomic E-state index is 0.0581. The number of alkyl halides is 3. The average molecular weight is 266 g/mol. The van der Waals surface area contributed by atoms with E-state index in [4.69, 9.17) is 4.42 Å². The van der Waals surface area contributed by atoms with Crippen molar-refractivity contribution in [2.45, 2.75) is 6.18 Å². The first-order valence-corrected chi connectivity index (χ1v) is 5.21. The fraction of sp³-hybridized carbons (Fsp3) is 0.0833. The van der Waals surface area contributed by atoms with E-state index in [0.717, 1.165) is 0 Å². The molecule has 0 saturated heterocycles. The largest absolute Gasteiger partial charge is 0.460 e. The first kappa shape index (κ1) is 11.6. The standard InChI is InChI=1S/C12H5F3N2O2/c13-12(14,15)10-5-19-9-4-7-6(3-8(9)16-10)1-2-11(18)17-7/h1-5H. The van der Waals surface area contributed by atoms with Crippen molar-refractivity contribution in [3.63, 3.8) is 0 Å². The van der Waals surface area contributed by atoms with Crippen molar-refractivity contribution < 1.29 is 17.6 Å². The summed E-state index contributed by atoms with van der Waals surface area (Å²) < 4.78 is 42.4. The second-order valence-electron chi connectivity index (χ2n) is 3.89. The molecule has 0 fully saturated rings. The highest BCUT2D eigenvalue weighted by molar-refractivity contribution is 5.91. The molecule has 2 aromatic heterocycles. The highest BCUT2D eigenvalue weighted by atomic mass is 19.4. The van der Waals surface area contributed by atoms with E-state index in [2.05, 4.69) is 9.97 Å². The molecule has 0 unspecified atom stereocenters. The monoisotopic (exact) mass is 266 g/mol. The van der Waals surface area contributed by atoms with E-state index in [0.29, 0.717) is 17.2 Å². The molecule has 0 bridgehead atoms. The second kappa shape index (κ2) is 3.78. The van der Waals surface area contributed by atoms with Crippen molar-refractivity contribution in [2.24, 2.45) is 0 Å². The fourth-order valence-electron chi connectivity index (χ4n) is 1.71. The van der Waals surface area contributed by atoms with Crippen LogP contribution in [0.5, 0.6) is 0 Å². The molecule has 0 amide bonds. The molecule has 7 heteroatoms. The maximum Gasteiger partial charge on any atom is 0.436 e. The number of hydrogen-bond acceptors (Lipinski definition) is 4. The first-order valence-electron chi connectivity index (χ1n) is 5.21. The van der Waals surface area contributed by atoms with Gasteiger partial charge in [-0.3, -0.25) is 4.79 Å². The molecule has 2 heterocycles. The van der Waals surface area contributed by atoms with Crippen LogP contribution in [0.4, 0.5) is 13.2 Å². The van der Waals surface area contributed by atoms with Crippen LogP contribution in [0.15, 0.2) is 39.7 Å². The lowest BCUT2D eigenvalue weighted by atomic mass is 10.2. The maximum atomic E-state index is 12.5. The lowest BCUT2D eigenvalue weighted by molar-refractivity contribution is -0.142. The Kier molecular flexibility index (Phi) is 2.31. The van der Waals surface area contributed by atoms with E-state index < -0.39 is 17.4 Å². The SMILES string of the molecule is O=c1ccc2cc3nc(C(F)(F)F)coc3cc2n1. The van der Waals surface area contributed by atoms with Gasteiger partial charge in [0.1, 0.15) is 11.8 Å². The third kappa shape index (κ3) is 2.03. The van der Waals surface area contributed by atoms with Crippen LogP contribution < -0.4 is 5.56 Å². The maximum absolute atomic E-state index is 12.5. The number of nitrogens with zero attached hydrogens (tertiary/aromatic N) is 2. The van der Waals surface area contributed by atoms with Crippen molar-refractivity contribution in [3.05, 3.63) is 46.6 Å². The number of benzene rings is 1. The zero-order valence-electron chi connectivity index (χ0n) is 9.23. The summed E-state index contributed by atoms with van der Waals surface area (Å²) in [4.78, 5) is 18.3. The molecule has 0 spiro atoms. The molecule has 19 heavy (non-hydrogen) atoms. The normalized spacial score (nSPS) is 12.2. The first-order chi connectivity index (χ1) is 8.93. The van der Waals surface area contributed by atoms with Crippen LogP contribution in [0, 0.1) is 0 Å². The summed E-state index contributed by atoms with van der Waals surface area (Å²) in [6.07, 6.45) is -4.03. The lowest BCUT2D eigenvalue weighted by Gasteiger charge is -2.06. The summed E-state index contributed by atoms with van der Waals surface area (Å²) >= 11 is 0. The molecule has 4 nitrogen and oxygen atoms in total. The van der Waals surface area contributed by atoms with E-state index in [1.54, 1.807) is 0 Å². The molecule has 0 saturated carbocycles. The molecule has 0 aliphatic heterocycles. The number of pyridine rings is 1. The van der Waals surface area contributed by atoms with Gasteiger partial charge in [0.05, 0.1) is 5.52 Å². The van der Waals surface area contributed by atoms with Crippen LogP contribution in [0.3, 0.4) is 0 Å². The van der Waals surface area contributed by atoms with Gasteiger partial charge in [-0.2, -0.15) is 13.2 Å². The number of rotatable bonds is 0. The predicted molar refractivity (Wildman–Crippen MR) is 60.6 cm³/mol. The Morgan fingerprint density at radius 1 is 1.05 bits per heavy atom.